The molecule has 0 saturated heterocycles. The van der Waals surface area contributed by atoms with Crippen LogP contribution in [0.25, 0.3) is 0 Å². The van der Waals surface area contributed by atoms with Crippen molar-refractivity contribution >= 4 is 11.6 Å². The Bertz CT molecular complexity index is 486. The number of aryl methyl sites for hydroxylation is 1. The largest absolute Gasteiger partial charge is 0.384 e. The number of aliphatic hydroxyl groups is 1. The van der Waals surface area contributed by atoms with E-state index in [9.17, 15) is 4.79 Å². The Morgan fingerprint density at radius 2 is 2.26 bits per heavy atom. The molecule has 0 spiro atoms. The Balaban J connectivity index is 2.75. The average molecular weight is 261 g/mol. The highest BCUT2D eigenvalue weighted by molar-refractivity contribution is 5.92. The fourth-order valence-corrected chi connectivity index (χ4v) is 1.53. The first-order valence-corrected chi connectivity index (χ1v) is 6.25. The second kappa shape index (κ2) is 8.30. The van der Waals surface area contributed by atoms with Crippen LogP contribution in [0.4, 0.5) is 5.69 Å². The number of ether oxygens (including phenoxy) is 1. The third-order valence-electron chi connectivity index (χ3n) is 2.43. The van der Waals surface area contributed by atoms with Crippen LogP contribution in [-0.2, 0) is 9.53 Å². The van der Waals surface area contributed by atoms with Gasteiger partial charge in [-0.1, -0.05) is 17.9 Å². The Labute approximate surface area is 113 Å². The SMILES string of the molecule is CCOCCC(=O)Nc1cc(C)ccc1C#CCO. The topological polar surface area (TPSA) is 58.6 Å². The zero-order valence-electron chi connectivity index (χ0n) is 11.3. The number of amides is 1. The molecule has 0 aliphatic rings. The van der Waals surface area contributed by atoms with E-state index in [1.807, 2.05) is 32.0 Å². The number of carbonyl (C=O) groups excluding carboxylic acids is 1. The van der Waals surface area contributed by atoms with E-state index in [-0.39, 0.29) is 12.5 Å². The summed E-state index contributed by atoms with van der Waals surface area (Å²) >= 11 is 0. The number of nitrogens with one attached hydrogen (secondary N) is 1. The van der Waals surface area contributed by atoms with Crippen LogP contribution in [0, 0.1) is 18.8 Å². The van der Waals surface area contributed by atoms with Crippen LogP contribution in [0.5, 0.6) is 0 Å². The molecule has 0 aliphatic heterocycles. The van der Waals surface area contributed by atoms with Crippen molar-refractivity contribution in [3.8, 4) is 11.8 Å². The van der Waals surface area contributed by atoms with E-state index in [2.05, 4.69) is 17.2 Å². The summed E-state index contributed by atoms with van der Waals surface area (Å²) in [5.74, 6) is 5.29. The number of carbonyl (C=O) groups is 1. The maximum atomic E-state index is 11.7. The van der Waals surface area contributed by atoms with Gasteiger partial charge >= 0.3 is 0 Å². The summed E-state index contributed by atoms with van der Waals surface area (Å²) in [5.41, 5.74) is 2.40. The van der Waals surface area contributed by atoms with Crippen LogP contribution in [0.2, 0.25) is 0 Å². The molecule has 0 heterocycles. The van der Waals surface area contributed by atoms with Gasteiger partial charge in [0.05, 0.1) is 18.7 Å². The third-order valence-corrected chi connectivity index (χ3v) is 2.43. The molecule has 0 unspecified atom stereocenters. The second-order valence-corrected chi connectivity index (χ2v) is 4.00. The van der Waals surface area contributed by atoms with Crippen molar-refractivity contribution in [3.05, 3.63) is 29.3 Å². The summed E-state index contributed by atoms with van der Waals surface area (Å²) in [5, 5.41) is 11.5. The minimum Gasteiger partial charge on any atom is -0.384 e. The normalized spacial score (nSPS) is 9.63. The molecule has 1 aromatic rings. The van der Waals surface area contributed by atoms with Gasteiger partial charge in [-0.2, -0.15) is 0 Å². The molecule has 0 aromatic heterocycles. The number of rotatable bonds is 5. The highest BCUT2D eigenvalue weighted by atomic mass is 16.5. The zero-order valence-corrected chi connectivity index (χ0v) is 11.3. The lowest BCUT2D eigenvalue weighted by Gasteiger charge is -2.08. The Kier molecular flexibility index (Phi) is 6.65. The molecule has 1 amide bonds. The molecule has 0 atom stereocenters. The van der Waals surface area contributed by atoms with Crippen molar-refractivity contribution < 1.29 is 14.6 Å². The molecular formula is C15H19NO3. The van der Waals surface area contributed by atoms with Gasteiger partial charge in [0.15, 0.2) is 0 Å². The molecule has 1 rings (SSSR count). The summed E-state index contributed by atoms with van der Waals surface area (Å²) in [6.07, 6.45) is 0.314. The van der Waals surface area contributed by atoms with Crippen LogP contribution in [0.1, 0.15) is 24.5 Å². The monoisotopic (exact) mass is 261 g/mol. The predicted molar refractivity (Wildman–Crippen MR) is 74.9 cm³/mol. The number of hydrogen-bond donors (Lipinski definition) is 2. The molecular weight excluding hydrogens is 242 g/mol. The van der Waals surface area contributed by atoms with Gasteiger partial charge < -0.3 is 15.2 Å². The van der Waals surface area contributed by atoms with Gasteiger partial charge in [0.2, 0.25) is 5.91 Å². The van der Waals surface area contributed by atoms with Crippen molar-refractivity contribution in [1.29, 1.82) is 0 Å². The van der Waals surface area contributed by atoms with Crippen LogP contribution >= 0.6 is 0 Å². The minimum atomic E-state index is -0.203. The van der Waals surface area contributed by atoms with E-state index in [1.54, 1.807) is 0 Å². The maximum Gasteiger partial charge on any atom is 0.226 e. The van der Waals surface area contributed by atoms with Gasteiger partial charge in [0.25, 0.3) is 0 Å². The fraction of sp³-hybridized carbons (Fsp3) is 0.400. The standard InChI is InChI=1S/C15H19NO3/c1-3-19-10-8-15(18)16-14-11-12(2)6-7-13(14)5-4-9-17/h6-7,11,17H,3,8-10H2,1-2H3,(H,16,18). The molecule has 0 saturated carbocycles. The van der Waals surface area contributed by atoms with Crippen molar-refractivity contribution in [2.24, 2.45) is 0 Å². The van der Waals surface area contributed by atoms with E-state index in [1.165, 1.54) is 0 Å². The number of aliphatic hydroxyl groups excluding tert-OH is 1. The number of hydrogen-bond acceptors (Lipinski definition) is 3. The molecule has 4 nitrogen and oxygen atoms in total. The van der Waals surface area contributed by atoms with Crippen LogP contribution in [-0.4, -0.2) is 30.8 Å². The van der Waals surface area contributed by atoms with Gasteiger partial charge in [-0.15, -0.1) is 0 Å². The summed E-state index contributed by atoms with van der Waals surface area (Å²) < 4.78 is 5.14. The zero-order chi connectivity index (χ0) is 14.1. The van der Waals surface area contributed by atoms with Crippen LogP contribution < -0.4 is 5.32 Å². The Hall–Kier alpha value is -1.83. The third kappa shape index (κ3) is 5.56. The quantitative estimate of drug-likeness (QED) is 0.626. The van der Waals surface area contributed by atoms with Gasteiger partial charge in [-0.05, 0) is 31.5 Å². The average Bonchev–Trinajstić information content (AvgIpc) is 2.38. The van der Waals surface area contributed by atoms with E-state index in [4.69, 9.17) is 9.84 Å². The highest BCUT2D eigenvalue weighted by Gasteiger charge is 2.06. The van der Waals surface area contributed by atoms with Gasteiger partial charge in [0, 0.05) is 12.2 Å². The number of benzene rings is 1. The summed E-state index contributed by atoms with van der Waals surface area (Å²) in [7, 11) is 0. The van der Waals surface area contributed by atoms with Crippen LogP contribution in [0.3, 0.4) is 0 Å². The molecule has 4 heteroatoms. The van der Waals surface area contributed by atoms with E-state index in [0.29, 0.717) is 30.9 Å². The summed E-state index contributed by atoms with van der Waals surface area (Å²) in [4.78, 5) is 11.7. The first-order chi connectivity index (χ1) is 9.17. The predicted octanol–water partition coefficient (Wildman–Crippen LogP) is 1.70. The fourth-order valence-electron chi connectivity index (χ4n) is 1.53. The molecule has 1 aromatic carbocycles. The summed E-state index contributed by atoms with van der Waals surface area (Å²) in [6, 6.07) is 5.60. The maximum absolute atomic E-state index is 11.7. The smallest absolute Gasteiger partial charge is 0.226 e. The molecule has 19 heavy (non-hydrogen) atoms. The van der Waals surface area contributed by atoms with Crippen molar-refractivity contribution in [3.63, 3.8) is 0 Å². The first kappa shape index (κ1) is 15.2. The molecule has 0 bridgehead atoms. The van der Waals surface area contributed by atoms with Crippen molar-refractivity contribution in [1.82, 2.24) is 0 Å². The summed E-state index contributed by atoms with van der Waals surface area (Å²) in [6.45, 7) is 4.64. The molecule has 2 N–H and O–H groups in total. The van der Waals surface area contributed by atoms with Gasteiger partial charge in [0.1, 0.15) is 6.61 Å². The molecule has 0 radical (unpaired) electrons. The lowest BCUT2D eigenvalue weighted by molar-refractivity contribution is -0.117. The van der Waals surface area contributed by atoms with E-state index >= 15 is 0 Å². The molecule has 102 valence electrons. The lowest BCUT2D eigenvalue weighted by atomic mass is 10.1. The van der Waals surface area contributed by atoms with Crippen LogP contribution in [0.15, 0.2) is 18.2 Å². The van der Waals surface area contributed by atoms with Gasteiger partial charge in [-0.3, -0.25) is 4.79 Å². The Morgan fingerprint density at radius 3 is 2.95 bits per heavy atom. The number of anilines is 1. The van der Waals surface area contributed by atoms with E-state index in [0.717, 1.165) is 5.56 Å². The van der Waals surface area contributed by atoms with Crippen molar-refractivity contribution in [2.45, 2.75) is 20.3 Å². The minimum absolute atomic E-state index is 0.105. The van der Waals surface area contributed by atoms with Crippen molar-refractivity contribution in [2.75, 3.05) is 25.1 Å². The highest BCUT2D eigenvalue weighted by Crippen LogP contribution is 2.16. The Morgan fingerprint density at radius 1 is 1.47 bits per heavy atom. The molecule has 0 aliphatic carbocycles. The van der Waals surface area contributed by atoms with Gasteiger partial charge in [-0.25, -0.2) is 0 Å². The first-order valence-electron chi connectivity index (χ1n) is 6.25. The van der Waals surface area contributed by atoms with E-state index < -0.39 is 0 Å². The lowest BCUT2D eigenvalue weighted by Crippen LogP contribution is -2.15. The molecule has 0 fully saturated rings. The second-order valence-electron chi connectivity index (χ2n) is 4.00.